The number of nitrogens with zero attached hydrogens (tertiary/aromatic N) is 2. The summed E-state index contributed by atoms with van der Waals surface area (Å²) in [6.45, 7) is 4.54. The van der Waals surface area contributed by atoms with Crippen molar-refractivity contribution in [2.45, 2.75) is 51.4 Å². The maximum absolute atomic E-state index is 2.71. The Labute approximate surface area is 389 Å². The average molecular weight is 851 g/mol. The van der Waals surface area contributed by atoms with Crippen LogP contribution in [0.2, 0.25) is 0 Å². The fourth-order valence-corrected chi connectivity index (χ4v) is 13.8. The van der Waals surface area contributed by atoms with E-state index in [4.69, 9.17) is 0 Å². The first kappa shape index (κ1) is 39.2. The quantitative estimate of drug-likeness (QED) is 0.150. The van der Waals surface area contributed by atoms with Crippen LogP contribution < -0.4 is 9.80 Å². The van der Waals surface area contributed by atoms with Gasteiger partial charge in [-0.05, 0) is 162 Å². The number of hydrogen-bond donors (Lipinski definition) is 0. The lowest BCUT2D eigenvalue weighted by Crippen LogP contribution is -2.55. The van der Waals surface area contributed by atoms with Gasteiger partial charge in [0.1, 0.15) is 0 Å². The van der Waals surface area contributed by atoms with Crippen LogP contribution in [-0.4, -0.2) is 0 Å². The van der Waals surface area contributed by atoms with Gasteiger partial charge < -0.3 is 9.80 Å². The van der Waals surface area contributed by atoms with E-state index in [1.165, 1.54) is 122 Å². The molecule has 66 heavy (non-hydrogen) atoms. The molecule has 4 bridgehead atoms. The molecule has 0 radical (unpaired) electrons. The summed E-state index contributed by atoms with van der Waals surface area (Å²) in [7, 11) is 0. The second-order valence-corrected chi connectivity index (χ2v) is 19.8. The molecule has 2 nitrogen and oxygen atoms in total. The summed E-state index contributed by atoms with van der Waals surface area (Å²) in [4.78, 5) is 5.17. The molecule has 5 aliphatic carbocycles. The zero-order chi connectivity index (χ0) is 43.9. The maximum atomic E-state index is 2.71. The number of hydrogen-bond acceptors (Lipinski definition) is 2. The molecule has 9 aromatic carbocycles. The average Bonchev–Trinajstić information content (AvgIpc) is 3.65. The Kier molecular flexibility index (Phi) is 9.21. The normalized spacial score (nSPS) is 20.9. The van der Waals surface area contributed by atoms with Gasteiger partial charge in [0.2, 0.25) is 0 Å². The molecule has 0 heterocycles. The highest BCUT2D eigenvalue weighted by Crippen LogP contribution is 2.71. The van der Waals surface area contributed by atoms with Crippen LogP contribution >= 0.6 is 0 Å². The Hall–Kier alpha value is -7.16. The lowest BCUT2D eigenvalue weighted by atomic mass is 9.43. The van der Waals surface area contributed by atoms with Gasteiger partial charge in [-0.1, -0.05) is 164 Å². The van der Waals surface area contributed by atoms with E-state index in [1.54, 1.807) is 11.1 Å². The third kappa shape index (κ3) is 5.93. The van der Waals surface area contributed by atoms with Crippen molar-refractivity contribution in [2.24, 2.45) is 23.7 Å². The van der Waals surface area contributed by atoms with Crippen LogP contribution in [0, 0.1) is 37.5 Å². The van der Waals surface area contributed by atoms with Gasteiger partial charge in [-0.25, -0.2) is 0 Å². The van der Waals surface area contributed by atoms with Gasteiger partial charge in [-0.2, -0.15) is 0 Å². The van der Waals surface area contributed by atoms with Crippen LogP contribution in [0.1, 0.15) is 54.4 Å². The van der Waals surface area contributed by atoms with Crippen LogP contribution in [-0.2, 0) is 5.41 Å². The van der Waals surface area contributed by atoms with Crippen LogP contribution in [0.25, 0.3) is 44.2 Å². The number of fused-ring (bicyclic) bond motifs is 5. The highest BCUT2D eigenvalue weighted by Gasteiger charge is 2.62. The van der Waals surface area contributed by atoms with E-state index in [9.17, 15) is 0 Å². The van der Waals surface area contributed by atoms with Crippen molar-refractivity contribution in [3.63, 3.8) is 0 Å². The highest BCUT2D eigenvalue weighted by molar-refractivity contribution is 6.11. The molecule has 0 aromatic heterocycles. The monoisotopic (exact) mass is 850 g/mol. The minimum absolute atomic E-state index is 0.0976. The van der Waals surface area contributed by atoms with Crippen molar-refractivity contribution < 1.29 is 0 Å². The van der Waals surface area contributed by atoms with Crippen molar-refractivity contribution in [1.29, 1.82) is 0 Å². The number of para-hydroxylation sites is 4. The summed E-state index contributed by atoms with van der Waals surface area (Å²) in [6.07, 6.45) is 6.67. The molecular formula is C64H54N2. The molecule has 5 aliphatic rings. The molecule has 2 heteroatoms. The van der Waals surface area contributed by atoms with Gasteiger partial charge in [0, 0.05) is 39.0 Å². The molecule has 0 amide bonds. The molecule has 0 N–H and O–H groups in total. The van der Waals surface area contributed by atoms with Gasteiger partial charge in [0.15, 0.2) is 0 Å². The predicted octanol–water partition coefficient (Wildman–Crippen LogP) is 17.5. The van der Waals surface area contributed by atoms with Crippen LogP contribution in [0.5, 0.6) is 0 Å². The predicted molar refractivity (Wildman–Crippen MR) is 277 cm³/mol. The fraction of sp³-hybridized carbons (Fsp3) is 0.188. The zero-order valence-corrected chi connectivity index (χ0v) is 37.9. The molecule has 4 fully saturated rings. The fourth-order valence-electron chi connectivity index (χ4n) is 13.8. The maximum Gasteiger partial charge on any atom is 0.0543 e. The Bertz CT molecular complexity index is 3280. The molecule has 0 atom stereocenters. The molecular weight excluding hydrogens is 797 g/mol. The Morgan fingerprint density at radius 3 is 1.41 bits per heavy atom. The summed E-state index contributed by atoms with van der Waals surface area (Å²) >= 11 is 0. The molecule has 0 saturated heterocycles. The molecule has 320 valence electrons. The number of anilines is 6. The number of benzene rings is 9. The molecule has 0 aliphatic heterocycles. The second kappa shape index (κ2) is 15.5. The van der Waals surface area contributed by atoms with E-state index < -0.39 is 0 Å². The summed E-state index contributed by atoms with van der Waals surface area (Å²) in [5.74, 6) is 2.84. The molecule has 14 rings (SSSR count). The Morgan fingerprint density at radius 2 is 0.833 bits per heavy atom. The zero-order valence-electron chi connectivity index (χ0n) is 37.9. The summed E-state index contributed by atoms with van der Waals surface area (Å²) < 4.78 is 0. The van der Waals surface area contributed by atoms with E-state index in [0.29, 0.717) is 11.8 Å². The van der Waals surface area contributed by atoms with E-state index >= 15 is 0 Å². The first-order valence-corrected chi connectivity index (χ1v) is 24.3. The number of rotatable bonds is 8. The van der Waals surface area contributed by atoms with Crippen LogP contribution in [0.4, 0.5) is 34.1 Å². The minimum atomic E-state index is -0.0976. The van der Waals surface area contributed by atoms with Crippen LogP contribution in [0.15, 0.2) is 206 Å². The van der Waals surface area contributed by atoms with Crippen molar-refractivity contribution in [3.8, 4) is 33.4 Å². The van der Waals surface area contributed by atoms with Gasteiger partial charge in [-0.3, -0.25) is 0 Å². The van der Waals surface area contributed by atoms with E-state index in [1.807, 2.05) is 0 Å². The van der Waals surface area contributed by atoms with Crippen molar-refractivity contribution >= 4 is 44.9 Å². The largest absolute Gasteiger partial charge is 0.310 e. The molecule has 4 saturated carbocycles. The van der Waals surface area contributed by atoms with Crippen molar-refractivity contribution in [2.75, 3.05) is 9.80 Å². The third-order valence-corrected chi connectivity index (χ3v) is 16.3. The van der Waals surface area contributed by atoms with E-state index in [0.717, 1.165) is 11.8 Å². The summed E-state index contributed by atoms with van der Waals surface area (Å²) in [5, 5.41) is 2.64. The van der Waals surface area contributed by atoms with Crippen molar-refractivity contribution in [3.05, 3.63) is 229 Å². The van der Waals surface area contributed by atoms with Gasteiger partial charge >= 0.3 is 0 Å². The molecule has 9 aromatic rings. The Balaban J connectivity index is 1.09. The second-order valence-electron chi connectivity index (χ2n) is 19.8. The van der Waals surface area contributed by atoms with Gasteiger partial charge in [-0.15, -0.1) is 0 Å². The van der Waals surface area contributed by atoms with Crippen LogP contribution in [0.3, 0.4) is 0 Å². The van der Waals surface area contributed by atoms with E-state index in [-0.39, 0.29) is 5.41 Å². The first-order valence-electron chi connectivity index (χ1n) is 24.3. The lowest BCUT2D eigenvalue weighted by molar-refractivity contribution is -0.0398. The summed E-state index contributed by atoms with van der Waals surface area (Å²) in [6, 6.07) is 77.6. The minimum Gasteiger partial charge on any atom is -0.310 e. The molecule has 0 unspecified atom stereocenters. The van der Waals surface area contributed by atoms with Gasteiger partial charge in [0.05, 0.1) is 17.1 Å². The SMILES string of the molecule is Cc1ccccc1N(c1ccc2c(c1)C1(c3cc(N(c4ccccc4C)c4ccccc4-c4ccccc4)c4ccccc4c3-2)C2CC3CC(C2)CC1C3)c1ccccc1-c1ccccc1. The third-order valence-electron chi connectivity index (χ3n) is 16.3. The summed E-state index contributed by atoms with van der Waals surface area (Å²) in [5.41, 5.74) is 20.7. The molecule has 1 spiro atoms. The highest BCUT2D eigenvalue weighted by atomic mass is 15.2. The van der Waals surface area contributed by atoms with E-state index in [2.05, 4.69) is 230 Å². The standard InChI is InChI=1S/C64H54N2/c1-42-19-9-15-29-58(42)65(60-31-17-13-25-51(60)46-21-5-3-6-22-46)50-33-34-55-56(40-50)64(48-36-44-35-45(38-48)39-49(64)37-44)57-41-62(53-27-11-12-28-54(53)63(55)57)66(59-30-16-10-20-43(59)2)61-32-18-14-26-52(61)47-23-7-4-8-24-47/h3-34,40-41,44-45,48-49H,35-39H2,1-2H3. The first-order chi connectivity index (χ1) is 32.6. The van der Waals surface area contributed by atoms with Gasteiger partial charge in [0.25, 0.3) is 0 Å². The number of aryl methyl sites for hydroxylation is 2. The van der Waals surface area contributed by atoms with Crippen molar-refractivity contribution in [1.82, 2.24) is 0 Å². The lowest BCUT2D eigenvalue weighted by Gasteiger charge is -2.61. The Morgan fingerprint density at radius 1 is 0.364 bits per heavy atom. The topological polar surface area (TPSA) is 6.48 Å². The smallest absolute Gasteiger partial charge is 0.0543 e.